The van der Waals surface area contributed by atoms with E-state index in [4.69, 9.17) is 14.0 Å². The number of aryl methyl sites for hydroxylation is 1. The molecule has 33 heavy (non-hydrogen) atoms. The highest BCUT2D eigenvalue weighted by Crippen LogP contribution is 2.22. The first-order valence-corrected chi connectivity index (χ1v) is 10.9. The fourth-order valence-electron chi connectivity index (χ4n) is 3.74. The maximum Gasteiger partial charge on any atom is 0.246 e. The Labute approximate surface area is 193 Å². The molecule has 4 rings (SSSR count). The normalized spacial score (nSPS) is 14.6. The Balaban J connectivity index is 1.30. The highest BCUT2D eigenvalue weighted by Gasteiger charge is 2.21. The molecule has 0 spiro atoms. The number of hydrogen-bond acceptors (Lipinski definition) is 7. The molecule has 2 aromatic carbocycles. The Morgan fingerprint density at radius 3 is 2.52 bits per heavy atom. The standard InChI is InChI=1S/C25H28N4O4/c1-18-4-10-22(32-3)20(16-18)7-11-24(30)29-14-12-28(13-15-29)17-23-26-25(27-33-23)19-5-8-21(31-2)9-6-19/h4-11,16H,12-15,17H2,1-3H3. The summed E-state index contributed by atoms with van der Waals surface area (Å²) < 4.78 is 16.0. The lowest BCUT2D eigenvalue weighted by atomic mass is 10.1. The molecule has 0 saturated carbocycles. The van der Waals surface area contributed by atoms with E-state index >= 15 is 0 Å². The molecule has 0 bridgehead atoms. The van der Waals surface area contributed by atoms with Gasteiger partial charge in [0.25, 0.3) is 0 Å². The van der Waals surface area contributed by atoms with Crippen LogP contribution in [-0.2, 0) is 11.3 Å². The van der Waals surface area contributed by atoms with Gasteiger partial charge in [-0.15, -0.1) is 0 Å². The van der Waals surface area contributed by atoms with Crippen molar-refractivity contribution in [3.05, 3.63) is 65.6 Å². The topological polar surface area (TPSA) is 80.9 Å². The van der Waals surface area contributed by atoms with Crippen molar-refractivity contribution in [2.75, 3.05) is 40.4 Å². The number of hydrogen-bond donors (Lipinski definition) is 0. The molecule has 0 aliphatic carbocycles. The summed E-state index contributed by atoms with van der Waals surface area (Å²) in [7, 11) is 3.26. The van der Waals surface area contributed by atoms with Crippen molar-refractivity contribution >= 4 is 12.0 Å². The van der Waals surface area contributed by atoms with Crippen LogP contribution in [0.4, 0.5) is 0 Å². The molecule has 0 radical (unpaired) electrons. The molecule has 1 aliphatic heterocycles. The van der Waals surface area contributed by atoms with Crippen LogP contribution in [0.15, 0.2) is 53.1 Å². The molecule has 8 nitrogen and oxygen atoms in total. The monoisotopic (exact) mass is 448 g/mol. The molecular weight excluding hydrogens is 420 g/mol. The summed E-state index contributed by atoms with van der Waals surface area (Å²) in [5, 5.41) is 4.09. The van der Waals surface area contributed by atoms with Crippen LogP contribution in [-0.4, -0.2) is 66.2 Å². The van der Waals surface area contributed by atoms with Crippen molar-refractivity contribution in [3.8, 4) is 22.9 Å². The lowest BCUT2D eigenvalue weighted by molar-refractivity contribution is -0.127. The van der Waals surface area contributed by atoms with Gasteiger partial charge in [0.1, 0.15) is 11.5 Å². The van der Waals surface area contributed by atoms with Gasteiger partial charge in [-0.3, -0.25) is 9.69 Å². The van der Waals surface area contributed by atoms with Crippen LogP contribution in [0.3, 0.4) is 0 Å². The lowest BCUT2D eigenvalue weighted by Crippen LogP contribution is -2.47. The summed E-state index contributed by atoms with van der Waals surface area (Å²) in [4.78, 5) is 21.2. The Bertz CT molecular complexity index is 1120. The van der Waals surface area contributed by atoms with Gasteiger partial charge in [-0.2, -0.15) is 4.98 Å². The summed E-state index contributed by atoms with van der Waals surface area (Å²) in [6.07, 6.45) is 3.44. The predicted octanol–water partition coefficient (Wildman–Crippen LogP) is 3.42. The number of methoxy groups -OCH3 is 2. The average Bonchev–Trinajstić information content (AvgIpc) is 3.31. The van der Waals surface area contributed by atoms with Crippen LogP contribution in [0, 0.1) is 6.92 Å². The van der Waals surface area contributed by atoms with E-state index in [1.165, 1.54) is 0 Å². The Kier molecular flexibility index (Phi) is 7.04. The van der Waals surface area contributed by atoms with Gasteiger partial charge in [-0.05, 0) is 49.4 Å². The number of amides is 1. The summed E-state index contributed by atoms with van der Waals surface area (Å²) in [6, 6.07) is 13.4. The molecule has 1 aromatic heterocycles. The van der Waals surface area contributed by atoms with Gasteiger partial charge in [0.2, 0.25) is 17.6 Å². The van der Waals surface area contributed by atoms with E-state index in [0.29, 0.717) is 31.3 Å². The molecule has 1 fully saturated rings. The molecule has 3 aromatic rings. The second-order valence-electron chi connectivity index (χ2n) is 7.92. The summed E-state index contributed by atoms with van der Waals surface area (Å²) in [5.74, 6) is 2.65. The number of piperazine rings is 1. The minimum Gasteiger partial charge on any atom is -0.497 e. The summed E-state index contributed by atoms with van der Waals surface area (Å²) in [6.45, 7) is 5.35. The van der Waals surface area contributed by atoms with Gasteiger partial charge in [-0.1, -0.05) is 16.8 Å². The van der Waals surface area contributed by atoms with E-state index in [0.717, 1.165) is 41.3 Å². The Morgan fingerprint density at radius 2 is 1.82 bits per heavy atom. The van der Waals surface area contributed by atoms with E-state index in [-0.39, 0.29) is 5.91 Å². The Hall–Kier alpha value is -3.65. The van der Waals surface area contributed by atoms with Crippen LogP contribution < -0.4 is 9.47 Å². The fourth-order valence-corrected chi connectivity index (χ4v) is 3.74. The number of ether oxygens (including phenoxy) is 2. The minimum atomic E-state index is -0.00204. The predicted molar refractivity (Wildman–Crippen MR) is 125 cm³/mol. The van der Waals surface area contributed by atoms with Crippen molar-refractivity contribution in [2.45, 2.75) is 13.5 Å². The van der Waals surface area contributed by atoms with E-state index < -0.39 is 0 Å². The zero-order chi connectivity index (χ0) is 23.2. The number of nitrogens with zero attached hydrogens (tertiary/aromatic N) is 4. The first-order valence-electron chi connectivity index (χ1n) is 10.9. The van der Waals surface area contributed by atoms with Crippen molar-refractivity contribution in [1.82, 2.24) is 19.9 Å². The molecule has 1 amide bonds. The van der Waals surface area contributed by atoms with Gasteiger partial charge < -0.3 is 18.9 Å². The highest BCUT2D eigenvalue weighted by atomic mass is 16.5. The van der Waals surface area contributed by atoms with E-state index in [1.54, 1.807) is 20.3 Å². The van der Waals surface area contributed by atoms with Crippen LogP contribution >= 0.6 is 0 Å². The van der Waals surface area contributed by atoms with Crippen LogP contribution in [0.5, 0.6) is 11.5 Å². The van der Waals surface area contributed by atoms with E-state index in [2.05, 4.69) is 15.0 Å². The molecule has 0 N–H and O–H groups in total. The first-order chi connectivity index (χ1) is 16.1. The largest absolute Gasteiger partial charge is 0.497 e. The number of rotatable bonds is 7. The zero-order valence-electron chi connectivity index (χ0n) is 19.2. The molecule has 0 atom stereocenters. The maximum absolute atomic E-state index is 12.7. The third kappa shape index (κ3) is 5.59. The summed E-state index contributed by atoms with van der Waals surface area (Å²) >= 11 is 0. The molecular formula is C25H28N4O4. The van der Waals surface area contributed by atoms with Crippen LogP contribution in [0.1, 0.15) is 17.0 Å². The van der Waals surface area contributed by atoms with Crippen molar-refractivity contribution in [1.29, 1.82) is 0 Å². The molecule has 1 aliphatic rings. The van der Waals surface area contributed by atoms with Gasteiger partial charge >= 0.3 is 0 Å². The lowest BCUT2D eigenvalue weighted by Gasteiger charge is -2.33. The Morgan fingerprint density at radius 1 is 1.06 bits per heavy atom. The first kappa shape index (κ1) is 22.5. The third-order valence-corrected chi connectivity index (χ3v) is 5.65. The summed E-state index contributed by atoms with van der Waals surface area (Å²) in [5.41, 5.74) is 2.89. The molecule has 172 valence electrons. The minimum absolute atomic E-state index is 0.00204. The van der Waals surface area contributed by atoms with Gasteiger partial charge in [-0.25, -0.2) is 0 Å². The second-order valence-corrected chi connectivity index (χ2v) is 7.92. The van der Waals surface area contributed by atoms with Gasteiger partial charge in [0.05, 0.1) is 20.8 Å². The van der Waals surface area contributed by atoms with Gasteiger partial charge in [0.15, 0.2) is 0 Å². The smallest absolute Gasteiger partial charge is 0.246 e. The SMILES string of the molecule is COc1ccc(-c2noc(CN3CCN(C(=O)C=Cc4cc(C)ccc4OC)CC3)n2)cc1. The highest BCUT2D eigenvalue weighted by molar-refractivity contribution is 5.92. The van der Waals surface area contributed by atoms with Crippen LogP contribution in [0.25, 0.3) is 17.5 Å². The second kappa shape index (κ2) is 10.3. The fraction of sp³-hybridized carbons (Fsp3) is 0.320. The third-order valence-electron chi connectivity index (χ3n) is 5.65. The molecule has 8 heteroatoms. The van der Waals surface area contributed by atoms with E-state index in [9.17, 15) is 4.79 Å². The number of carbonyl (C=O) groups is 1. The van der Waals surface area contributed by atoms with Crippen LogP contribution in [0.2, 0.25) is 0 Å². The van der Waals surface area contributed by atoms with Crippen molar-refractivity contribution in [2.24, 2.45) is 0 Å². The quantitative estimate of drug-likeness (QED) is 0.512. The maximum atomic E-state index is 12.7. The van der Waals surface area contributed by atoms with Crippen molar-refractivity contribution < 1.29 is 18.8 Å². The molecule has 2 heterocycles. The average molecular weight is 449 g/mol. The van der Waals surface area contributed by atoms with E-state index in [1.807, 2.05) is 60.4 Å². The van der Waals surface area contributed by atoms with Gasteiger partial charge in [0, 0.05) is 43.4 Å². The number of aromatic nitrogens is 2. The number of carbonyl (C=O) groups excluding carboxylic acids is 1. The molecule has 0 unspecified atom stereocenters. The molecule has 1 saturated heterocycles. The number of benzene rings is 2. The zero-order valence-corrected chi connectivity index (χ0v) is 19.2. The van der Waals surface area contributed by atoms with Crippen molar-refractivity contribution in [3.63, 3.8) is 0 Å².